The predicted octanol–water partition coefficient (Wildman–Crippen LogP) is 4.50. The molecule has 0 saturated carbocycles. The van der Waals surface area contributed by atoms with Crippen LogP contribution < -0.4 is 9.50 Å². The third-order valence-electron chi connectivity index (χ3n) is 5.01. The van der Waals surface area contributed by atoms with Gasteiger partial charge >= 0.3 is 16.1 Å². The van der Waals surface area contributed by atoms with E-state index in [-0.39, 0.29) is 16.7 Å². The van der Waals surface area contributed by atoms with Crippen molar-refractivity contribution >= 4 is 21.8 Å². The molecule has 0 atom stereocenters. The maximum absolute atomic E-state index is 13.1. The van der Waals surface area contributed by atoms with Crippen molar-refractivity contribution in [3.63, 3.8) is 0 Å². The molecule has 0 saturated heterocycles. The first-order chi connectivity index (χ1) is 16.1. The monoisotopic (exact) mass is 485 g/mol. The van der Waals surface area contributed by atoms with E-state index in [9.17, 15) is 17.6 Å². The molecule has 180 valence electrons. The predicted molar refractivity (Wildman–Crippen MR) is 130 cm³/mol. The summed E-state index contributed by atoms with van der Waals surface area (Å²) >= 11 is 0. The maximum atomic E-state index is 13.1. The van der Waals surface area contributed by atoms with Gasteiger partial charge in [0.1, 0.15) is 16.5 Å². The Hall–Kier alpha value is -3.43. The van der Waals surface area contributed by atoms with Gasteiger partial charge in [0, 0.05) is 25.3 Å². The van der Waals surface area contributed by atoms with Crippen LogP contribution in [0.5, 0.6) is 5.75 Å². The summed E-state index contributed by atoms with van der Waals surface area (Å²) in [7, 11) is -0.213. The second kappa shape index (κ2) is 11.1. The Morgan fingerprint density at radius 3 is 2.12 bits per heavy atom. The maximum Gasteiger partial charge on any atom is 0.339 e. The van der Waals surface area contributed by atoms with Gasteiger partial charge in [0.15, 0.2) is 0 Å². The van der Waals surface area contributed by atoms with E-state index in [4.69, 9.17) is 4.18 Å². The first-order valence-corrected chi connectivity index (χ1v) is 12.1. The fraction of sp³-hybridized carbons (Fsp3) is 0.240. The van der Waals surface area contributed by atoms with Gasteiger partial charge in [-0.1, -0.05) is 29.8 Å². The number of aryl methyl sites for hydroxylation is 1. The quantitative estimate of drug-likeness (QED) is 0.452. The van der Waals surface area contributed by atoms with Crippen molar-refractivity contribution in [2.24, 2.45) is 0 Å². The van der Waals surface area contributed by atoms with E-state index < -0.39 is 15.9 Å². The molecule has 0 aliphatic heterocycles. The third-order valence-corrected chi connectivity index (χ3v) is 6.27. The van der Waals surface area contributed by atoms with E-state index in [0.29, 0.717) is 25.3 Å². The van der Waals surface area contributed by atoms with Crippen LogP contribution in [0.15, 0.2) is 77.7 Å². The molecule has 1 N–H and O–H groups in total. The van der Waals surface area contributed by atoms with Gasteiger partial charge in [0.05, 0.1) is 0 Å². The summed E-state index contributed by atoms with van der Waals surface area (Å²) in [6.45, 7) is 3.49. The number of amides is 2. The number of urea groups is 1. The summed E-state index contributed by atoms with van der Waals surface area (Å²) in [5.74, 6) is -0.412. The van der Waals surface area contributed by atoms with Crippen LogP contribution >= 0.6 is 0 Å². The molecule has 0 spiro atoms. The molecule has 3 aromatic carbocycles. The molecule has 3 aromatic rings. The molecule has 2 amide bonds. The fourth-order valence-electron chi connectivity index (χ4n) is 3.06. The largest absolute Gasteiger partial charge is 0.379 e. The highest BCUT2D eigenvalue weighted by atomic mass is 32.2. The van der Waals surface area contributed by atoms with Crippen LogP contribution in [0.25, 0.3) is 0 Å². The number of likely N-dealkylation sites (N-methyl/N-ethyl adjacent to an activating group) is 1. The zero-order valence-electron chi connectivity index (χ0n) is 19.4. The van der Waals surface area contributed by atoms with Crippen LogP contribution in [-0.2, 0) is 16.7 Å². The number of hydrogen-bond donors (Lipinski definition) is 1. The number of nitrogens with one attached hydrogen (secondary N) is 1. The van der Waals surface area contributed by atoms with E-state index >= 15 is 0 Å². The van der Waals surface area contributed by atoms with Crippen LogP contribution in [0.4, 0.5) is 14.9 Å². The molecule has 0 heterocycles. The molecule has 0 radical (unpaired) electrons. The second-order valence-corrected chi connectivity index (χ2v) is 9.70. The second-order valence-electron chi connectivity index (χ2n) is 8.16. The molecule has 9 heteroatoms. The van der Waals surface area contributed by atoms with Crippen molar-refractivity contribution in [3.05, 3.63) is 89.7 Å². The van der Waals surface area contributed by atoms with Crippen molar-refractivity contribution in [2.75, 3.05) is 32.5 Å². The standard InChI is InChI=1S/C25H28FN3O4S/c1-19-4-10-22(11-5-19)27-25(30)29(17-16-28(2)3)18-20-6-12-23(13-7-20)33-34(31,32)24-14-8-21(26)9-15-24/h4-15H,16-18H2,1-3H3,(H,27,30). The summed E-state index contributed by atoms with van der Waals surface area (Å²) in [6.07, 6.45) is 0. The lowest BCUT2D eigenvalue weighted by molar-refractivity contribution is 0.202. The van der Waals surface area contributed by atoms with Gasteiger partial charge in [0.25, 0.3) is 0 Å². The lowest BCUT2D eigenvalue weighted by atomic mass is 10.2. The first-order valence-electron chi connectivity index (χ1n) is 10.7. The van der Waals surface area contributed by atoms with Gasteiger partial charge < -0.3 is 19.3 Å². The highest BCUT2D eigenvalue weighted by molar-refractivity contribution is 7.87. The summed E-state index contributed by atoms with van der Waals surface area (Å²) in [4.78, 5) is 16.5. The lowest BCUT2D eigenvalue weighted by Crippen LogP contribution is -2.39. The Labute approximate surface area is 199 Å². The average Bonchev–Trinajstić information content (AvgIpc) is 2.79. The molecule has 0 bridgehead atoms. The van der Waals surface area contributed by atoms with Crippen molar-refractivity contribution in [1.29, 1.82) is 0 Å². The molecule has 7 nitrogen and oxygen atoms in total. The van der Waals surface area contributed by atoms with Gasteiger partial charge in [-0.25, -0.2) is 9.18 Å². The highest BCUT2D eigenvalue weighted by Crippen LogP contribution is 2.20. The Morgan fingerprint density at radius 2 is 1.53 bits per heavy atom. The Bertz CT molecular complexity index is 1200. The molecular formula is C25H28FN3O4S. The number of rotatable bonds is 9. The van der Waals surface area contributed by atoms with E-state index in [0.717, 1.165) is 35.4 Å². The van der Waals surface area contributed by atoms with Crippen molar-refractivity contribution in [1.82, 2.24) is 9.80 Å². The van der Waals surface area contributed by atoms with Gasteiger partial charge in [0.2, 0.25) is 0 Å². The summed E-state index contributed by atoms with van der Waals surface area (Å²) in [6, 6.07) is 18.2. The van der Waals surface area contributed by atoms with Crippen LogP contribution in [0.2, 0.25) is 0 Å². The van der Waals surface area contributed by atoms with Crippen molar-refractivity contribution < 1.29 is 21.8 Å². The average molecular weight is 486 g/mol. The van der Waals surface area contributed by atoms with E-state index in [2.05, 4.69) is 5.32 Å². The Kier molecular flexibility index (Phi) is 8.25. The minimum absolute atomic E-state index is 0.122. The van der Waals surface area contributed by atoms with Crippen molar-refractivity contribution in [3.8, 4) is 5.75 Å². The van der Waals surface area contributed by atoms with E-state index in [1.807, 2.05) is 50.2 Å². The SMILES string of the molecule is Cc1ccc(NC(=O)N(CCN(C)C)Cc2ccc(OS(=O)(=O)c3ccc(F)cc3)cc2)cc1. The topological polar surface area (TPSA) is 79.0 Å². The first kappa shape index (κ1) is 25.2. The van der Waals surface area contributed by atoms with Gasteiger partial charge in [-0.3, -0.25) is 0 Å². The van der Waals surface area contributed by atoms with Gasteiger partial charge in [-0.15, -0.1) is 0 Å². The lowest BCUT2D eigenvalue weighted by Gasteiger charge is -2.25. The number of nitrogens with zero attached hydrogens (tertiary/aromatic N) is 2. The van der Waals surface area contributed by atoms with Crippen LogP contribution in [-0.4, -0.2) is 51.4 Å². The molecule has 0 aliphatic carbocycles. The van der Waals surface area contributed by atoms with Gasteiger partial charge in [-0.2, -0.15) is 8.42 Å². The fourth-order valence-corrected chi connectivity index (χ4v) is 3.99. The Balaban J connectivity index is 1.69. The highest BCUT2D eigenvalue weighted by Gasteiger charge is 2.18. The van der Waals surface area contributed by atoms with Crippen LogP contribution in [0.1, 0.15) is 11.1 Å². The number of anilines is 1. The molecular weight excluding hydrogens is 457 g/mol. The molecule has 34 heavy (non-hydrogen) atoms. The van der Waals surface area contributed by atoms with E-state index in [1.165, 1.54) is 12.1 Å². The van der Waals surface area contributed by atoms with Crippen LogP contribution in [0.3, 0.4) is 0 Å². The number of halogens is 1. The summed E-state index contributed by atoms with van der Waals surface area (Å²) in [5, 5.41) is 2.92. The molecule has 0 unspecified atom stereocenters. The number of hydrogen-bond acceptors (Lipinski definition) is 5. The number of carbonyl (C=O) groups excluding carboxylic acids is 1. The summed E-state index contributed by atoms with van der Waals surface area (Å²) < 4.78 is 43.0. The van der Waals surface area contributed by atoms with Crippen LogP contribution in [0, 0.1) is 12.7 Å². The zero-order valence-corrected chi connectivity index (χ0v) is 20.2. The van der Waals surface area contributed by atoms with Crippen molar-refractivity contribution in [2.45, 2.75) is 18.4 Å². The Morgan fingerprint density at radius 1 is 0.912 bits per heavy atom. The smallest absolute Gasteiger partial charge is 0.339 e. The summed E-state index contributed by atoms with van der Waals surface area (Å²) in [5.41, 5.74) is 2.62. The minimum atomic E-state index is -4.08. The molecule has 0 aromatic heterocycles. The van der Waals surface area contributed by atoms with Gasteiger partial charge in [-0.05, 0) is 75.1 Å². The number of benzene rings is 3. The number of carbonyl (C=O) groups is 1. The molecule has 3 rings (SSSR count). The zero-order chi connectivity index (χ0) is 24.7. The molecule has 0 aliphatic rings. The third kappa shape index (κ3) is 7.29. The normalized spacial score (nSPS) is 11.3. The molecule has 0 fully saturated rings. The van der Waals surface area contributed by atoms with E-state index in [1.54, 1.807) is 17.0 Å². The minimum Gasteiger partial charge on any atom is -0.379 e.